The maximum Gasteiger partial charge on any atom is 0.0107 e. The summed E-state index contributed by atoms with van der Waals surface area (Å²) < 4.78 is 0. The van der Waals surface area contributed by atoms with Gasteiger partial charge in [-0.2, -0.15) is 0 Å². The van der Waals surface area contributed by atoms with Crippen LogP contribution in [0.5, 0.6) is 0 Å². The van der Waals surface area contributed by atoms with E-state index in [-0.39, 0.29) is 0 Å². The Morgan fingerprint density at radius 3 is 2.74 bits per heavy atom. The Bertz CT molecular complexity index is 408. The SMILES string of the molecule is c1cc2c(cc1CCCCN1CCNCC1)CCC2. The van der Waals surface area contributed by atoms with Crippen molar-refractivity contribution >= 4 is 0 Å². The van der Waals surface area contributed by atoms with E-state index in [2.05, 4.69) is 28.4 Å². The zero-order valence-corrected chi connectivity index (χ0v) is 12.0. The maximum atomic E-state index is 3.41. The number of hydrogen-bond donors (Lipinski definition) is 1. The van der Waals surface area contributed by atoms with E-state index in [1.165, 1.54) is 71.2 Å². The molecule has 3 rings (SSSR count). The van der Waals surface area contributed by atoms with E-state index in [0.29, 0.717) is 0 Å². The summed E-state index contributed by atoms with van der Waals surface area (Å²) in [6.45, 7) is 6.10. The molecule has 1 aliphatic carbocycles. The van der Waals surface area contributed by atoms with Crippen LogP contribution in [-0.4, -0.2) is 37.6 Å². The lowest BCUT2D eigenvalue weighted by atomic mass is 10.0. The highest BCUT2D eigenvalue weighted by atomic mass is 15.2. The third kappa shape index (κ3) is 3.58. The van der Waals surface area contributed by atoms with Crippen molar-refractivity contribution in [1.29, 1.82) is 0 Å². The van der Waals surface area contributed by atoms with Crippen LogP contribution in [0.3, 0.4) is 0 Å². The van der Waals surface area contributed by atoms with Gasteiger partial charge < -0.3 is 10.2 Å². The second-order valence-electron chi connectivity index (χ2n) is 6.01. The molecule has 0 aromatic heterocycles. The van der Waals surface area contributed by atoms with Crippen LogP contribution in [0, 0.1) is 0 Å². The Labute approximate surface area is 117 Å². The first-order chi connectivity index (χ1) is 9.42. The minimum Gasteiger partial charge on any atom is -0.314 e. The number of rotatable bonds is 5. The van der Waals surface area contributed by atoms with E-state index in [9.17, 15) is 0 Å². The summed E-state index contributed by atoms with van der Waals surface area (Å²) in [4.78, 5) is 2.60. The summed E-state index contributed by atoms with van der Waals surface area (Å²) in [7, 11) is 0. The van der Waals surface area contributed by atoms with Crippen molar-refractivity contribution in [3.8, 4) is 0 Å². The van der Waals surface area contributed by atoms with Crippen LogP contribution in [0.1, 0.15) is 36.0 Å². The van der Waals surface area contributed by atoms with Crippen LogP contribution < -0.4 is 5.32 Å². The molecule has 2 nitrogen and oxygen atoms in total. The van der Waals surface area contributed by atoms with Crippen molar-refractivity contribution in [1.82, 2.24) is 10.2 Å². The average molecular weight is 258 g/mol. The van der Waals surface area contributed by atoms with Gasteiger partial charge in [-0.25, -0.2) is 0 Å². The van der Waals surface area contributed by atoms with E-state index >= 15 is 0 Å². The van der Waals surface area contributed by atoms with Crippen LogP contribution >= 0.6 is 0 Å². The van der Waals surface area contributed by atoms with Crippen molar-refractivity contribution in [2.24, 2.45) is 0 Å². The van der Waals surface area contributed by atoms with E-state index in [1.807, 2.05) is 0 Å². The second kappa shape index (κ2) is 6.53. The molecular weight excluding hydrogens is 232 g/mol. The molecule has 2 aliphatic rings. The fraction of sp³-hybridized carbons (Fsp3) is 0.647. The van der Waals surface area contributed by atoms with Gasteiger partial charge in [-0.05, 0) is 61.8 Å². The third-order valence-corrected chi connectivity index (χ3v) is 4.56. The highest BCUT2D eigenvalue weighted by Crippen LogP contribution is 2.23. The van der Waals surface area contributed by atoms with Crippen LogP contribution in [0.4, 0.5) is 0 Å². The van der Waals surface area contributed by atoms with Gasteiger partial charge in [0.05, 0.1) is 0 Å². The van der Waals surface area contributed by atoms with Gasteiger partial charge in [0, 0.05) is 26.2 Å². The van der Waals surface area contributed by atoms with Crippen molar-refractivity contribution < 1.29 is 0 Å². The summed E-state index contributed by atoms with van der Waals surface area (Å²) in [6, 6.07) is 7.19. The van der Waals surface area contributed by atoms with Crippen LogP contribution in [0.2, 0.25) is 0 Å². The highest BCUT2D eigenvalue weighted by molar-refractivity contribution is 5.35. The lowest BCUT2D eigenvalue weighted by molar-refractivity contribution is 0.237. The monoisotopic (exact) mass is 258 g/mol. The molecule has 104 valence electrons. The molecule has 1 aromatic rings. The molecule has 0 atom stereocenters. The van der Waals surface area contributed by atoms with Gasteiger partial charge in [0.25, 0.3) is 0 Å². The molecule has 1 heterocycles. The van der Waals surface area contributed by atoms with Gasteiger partial charge in [0.15, 0.2) is 0 Å². The summed E-state index contributed by atoms with van der Waals surface area (Å²) in [5.41, 5.74) is 4.78. The fourth-order valence-electron chi connectivity index (χ4n) is 3.38. The Hall–Kier alpha value is -0.860. The van der Waals surface area contributed by atoms with Gasteiger partial charge >= 0.3 is 0 Å². The molecule has 1 aromatic carbocycles. The largest absolute Gasteiger partial charge is 0.314 e. The second-order valence-corrected chi connectivity index (χ2v) is 6.01. The summed E-state index contributed by atoms with van der Waals surface area (Å²) >= 11 is 0. The summed E-state index contributed by atoms with van der Waals surface area (Å²) in [6.07, 6.45) is 7.92. The normalized spacial score (nSPS) is 19.6. The first-order valence-corrected chi connectivity index (χ1v) is 7.95. The Balaban J connectivity index is 1.40. The number of hydrogen-bond acceptors (Lipinski definition) is 2. The molecule has 0 unspecified atom stereocenters. The number of nitrogens with one attached hydrogen (secondary N) is 1. The first kappa shape index (κ1) is 13.1. The molecule has 19 heavy (non-hydrogen) atoms. The molecule has 0 radical (unpaired) electrons. The predicted octanol–water partition coefficient (Wildman–Crippen LogP) is 2.40. The standard InChI is InChI=1S/C17H26N2/c1(2-11-19-12-9-18-10-13-19)4-15-7-8-16-5-3-6-17(16)14-15/h7-8,14,18H,1-6,9-13H2. The molecule has 1 aliphatic heterocycles. The highest BCUT2D eigenvalue weighted by Gasteiger charge is 2.11. The van der Waals surface area contributed by atoms with Crippen molar-refractivity contribution in [3.63, 3.8) is 0 Å². The number of unbranched alkanes of at least 4 members (excludes halogenated alkanes) is 1. The van der Waals surface area contributed by atoms with E-state index in [1.54, 1.807) is 16.7 Å². The van der Waals surface area contributed by atoms with Gasteiger partial charge in [-0.1, -0.05) is 18.2 Å². The summed E-state index contributed by atoms with van der Waals surface area (Å²) in [5.74, 6) is 0. The number of benzene rings is 1. The zero-order valence-electron chi connectivity index (χ0n) is 12.0. The predicted molar refractivity (Wildman–Crippen MR) is 80.7 cm³/mol. The maximum absolute atomic E-state index is 3.41. The van der Waals surface area contributed by atoms with Gasteiger partial charge in [0.2, 0.25) is 0 Å². The molecule has 0 bridgehead atoms. The topological polar surface area (TPSA) is 15.3 Å². The minimum absolute atomic E-state index is 1.17. The quantitative estimate of drug-likeness (QED) is 0.816. The van der Waals surface area contributed by atoms with Gasteiger partial charge in [-0.3, -0.25) is 0 Å². The van der Waals surface area contributed by atoms with Crippen molar-refractivity contribution in [2.75, 3.05) is 32.7 Å². The van der Waals surface area contributed by atoms with Crippen LogP contribution in [0.25, 0.3) is 0 Å². The molecule has 1 saturated heterocycles. The first-order valence-electron chi connectivity index (χ1n) is 7.95. The van der Waals surface area contributed by atoms with E-state index in [4.69, 9.17) is 0 Å². The molecule has 1 N–H and O–H groups in total. The molecular formula is C17H26N2. The molecule has 1 fully saturated rings. The Morgan fingerprint density at radius 2 is 1.84 bits per heavy atom. The van der Waals surface area contributed by atoms with Crippen molar-refractivity contribution in [2.45, 2.75) is 38.5 Å². The third-order valence-electron chi connectivity index (χ3n) is 4.56. The van der Waals surface area contributed by atoms with Gasteiger partial charge in [-0.15, -0.1) is 0 Å². The minimum atomic E-state index is 1.17. The average Bonchev–Trinajstić information content (AvgIpc) is 2.92. The number of fused-ring (bicyclic) bond motifs is 1. The molecule has 0 saturated carbocycles. The van der Waals surface area contributed by atoms with E-state index < -0.39 is 0 Å². The zero-order chi connectivity index (χ0) is 12.9. The van der Waals surface area contributed by atoms with Crippen LogP contribution in [-0.2, 0) is 19.3 Å². The number of piperazine rings is 1. The van der Waals surface area contributed by atoms with Crippen molar-refractivity contribution in [3.05, 3.63) is 34.9 Å². The molecule has 0 amide bonds. The summed E-state index contributed by atoms with van der Waals surface area (Å²) in [5, 5.41) is 3.41. The lowest BCUT2D eigenvalue weighted by Gasteiger charge is -2.27. The molecule has 2 heteroatoms. The van der Waals surface area contributed by atoms with E-state index in [0.717, 1.165) is 0 Å². The Kier molecular flexibility index (Phi) is 4.52. The Morgan fingerprint density at radius 1 is 1.00 bits per heavy atom. The fourth-order valence-corrected chi connectivity index (χ4v) is 3.38. The van der Waals surface area contributed by atoms with Crippen LogP contribution in [0.15, 0.2) is 18.2 Å². The van der Waals surface area contributed by atoms with Gasteiger partial charge in [0.1, 0.15) is 0 Å². The number of aryl methyl sites for hydroxylation is 3. The lowest BCUT2D eigenvalue weighted by Crippen LogP contribution is -2.43. The smallest absolute Gasteiger partial charge is 0.0107 e. The number of nitrogens with zero attached hydrogens (tertiary/aromatic N) is 1. The molecule has 0 spiro atoms.